The summed E-state index contributed by atoms with van der Waals surface area (Å²) in [5, 5.41) is 7.30. The summed E-state index contributed by atoms with van der Waals surface area (Å²) in [6.07, 6.45) is 0.678. The average Bonchev–Trinajstić information content (AvgIpc) is 3.40. The van der Waals surface area contributed by atoms with Crippen molar-refractivity contribution >= 4 is 23.0 Å². The van der Waals surface area contributed by atoms with E-state index in [2.05, 4.69) is 22.3 Å². The van der Waals surface area contributed by atoms with Gasteiger partial charge in [-0.1, -0.05) is 78.0 Å². The van der Waals surface area contributed by atoms with E-state index in [4.69, 9.17) is 14.3 Å². The average molecular weight is 487 g/mol. The van der Waals surface area contributed by atoms with Gasteiger partial charge in [0.05, 0.1) is 24.9 Å². The molecule has 0 saturated carbocycles. The molecule has 4 aromatic rings. The fraction of sp³-hybridized carbons (Fsp3) is 0.179. The Morgan fingerprint density at radius 1 is 0.886 bits per heavy atom. The van der Waals surface area contributed by atoms with E-state index in [1.54, 1.807) is 11.3 Å². The lowest BCUT2D eigenvalue weighted by Crippen LogP contribution is -2.08. The number of aromatic nitrogens is 1. The zero-order chi connectivity index (χ0) is 24.3. The molecule has 0 saturated heterocycles. The van der Waals surface area contributed by atoms with Crippen molar-refractivity contribution in [3.8, 4) is 16.3 Å². The Hall–Kier alpha value is -3.97. The summed E-state index contributed by atoms with van der Waals surface area (Å²) in [7, 11) is 1.38. The minimum Gasteiger partial charge on any atom is -0.487 e. The SMILES string of the molecule is COC(=O)CC/C(=N/OCc1ccc(OCc2csc(-c3ccccc3)n2)cc1)c1ccccc1. The molecule has 6 nitrogen and oxygen atoms in total. The summed E-state index contributed by atoms with van der Waals surface area (Å²) >= 11 is 1.61. The van der Waals surface area contributed by atoms with Crippen LogP contribution in [0.4, 0.5) is 0 Å². The third-order valence-corrected chi connectivity index (χ3v) is 6.13. The summed E-state index contributed by atoms with van der Waals surface area (Å²) in [6.45, 7) is 0.714. The van der Waals surface area contributed by atoms with Crippen LogP contribution in [0.15, 0.2) is 95.5 Å². The van der Waals surface area contributed by atoms with E-state index in [1.165, 1.54) is 7.11 Å². The molecule has 1 heterocycles. The summed E-state index contributed by atoms with van der Waals surface area (Å²) in [5.41, 5.74) is 4.58. The Morgan fingerprint density at radius 2 is 1.60 bits per heavy atom. The molecule has 0 atom stereocenters. The van der Waals surface area contributed by atoms with Gasteiger partial charge in [-0.3, -0.25) is 4.79 Å². The molecule has 4 rings (SSSR count). The maximum atomic E-state index is 11.6. The van der Waals surface area contributed by atoms with Gasteiger partial charge in [0, 0.05) is 17.4 Å². The van der Waals surface area contributed by atoms with Gasteiger partial charge >= 0.3 is 5.97 Å². The first-order valence-corrected chi connectivity index (χ1v) is 12.1. The molecule has 0 fully saturated rings. The number of thiazole rings is 1. The highest BCUT2D eigenvalue weighted by Gasteiger charge is 2.09. The first kappa shape index (κ1) is 24.2. The Balaban J connectivity index is 1.30. The van der Waals surface area contributed by atoms with E-state index in [-0.39, 0.29) is 12.4 Å². The number of ether oxygens (including phenoxy) is 2. The second-order valence-corrected chi connectivity index (χ2v) is 8.55. The van der Waals surface area contributed by atoms with Crippen LogP contribution < -0.4 is 4.74 Å². The number of carbonyl (C=O) groups is 1. The molecule has 35 heavy (non-hydrogen) atoms. The molecule has 0 aliphatic rings. The van der Waals surface area contributed by atoms with Crippen LogP contribution in [0.3, 0.4) is 0 Å². The number of benzene rings is 3. The second kappa shape index (κ2) is 12.5. The first-order valence-electron chi connectivity index (χ1n) is 11.2. The van der Waals surface area contributed by atoms with Gasteiger partial charge in [-0.05, 0) is 23.3 Å². The molecule has 0 radical (unpaired) electrons. The minimum absolute atomic E-state index is 0.242. The van der Waals surface area contributed by atoms with Gasteiger partial charge in [0.25, 0.3) is 0 Å². The minimum atomic E-state index is -0.279. The van der Waals surface area contributed by atoms with E-state index in [0.29, 0.717) is 25.3 Å². The zero-order valence-corrected chi connectivity index (χ0v) is 20.2. The lowest BCUT2D eigenvalue weighted by Gasteiger charge is -2.08. The maximum Gasteiger partial charge on any atom is 0.305 e. The molecule has 3 aromatic carbocycles. The fourth-order valence-corrected chi connectivity index (χ4v) is 4.12. The monoisotopic (exact) mass is 486 g/mol. The third-order valence-electron chi connectivity index (χ3n) is 5.19. The van der Waals surface area contributed by atoms with Crippen LogP contribution in [-0.4, -0.2) is 23.8 Å². The Labute approximate surface area is 208 Å². The van der Waals surface area contributed by atoms with Crippen molar-refractivity contribution in [3.05, 3.63) is 107 Å². The van der Waals surface area contributed by atoms with Crippen LogP contribution in [0.25, 0.3) is 10.6 Å². The number of hydrogen-bond donors (Lipinski definition) is 0. The summed E-state index contributed by atoms with van der Waals surface area (Å²) in [5.74, 6) is 0.479. The lowest BCUT2D eigenvalue weighted by atomic mass is 10.1. The van der Waals surface area contributed by atoms with Gasteiger partial charge in [-0.25, -0.2) is 4.98 Å². The second-order valence-electron chi connectivity index (χ2n) is 7.70. The molecule has 0 spiro atoms. The van der Waals surface area contributed by atoms with Crippen LogP contribution in [0, 0.1) is 0 Å². The van der Waals surface area contributed by atoms with Crippen molar-refractivity contribution in [2.75, 3.05) is 7.11 Å². The highest BCUT2D eigenvalue weighted by Crippen LogP contribution is 2.24. The Morgan fingerprint density at radius 3 is 2.31 bits per heavy atom. The molecule has 0 unspecified atom stereocenters. The molecular weight excluding hydrogens is 460 g/mol. The van der Waals surface area contributed by atoms with Crippen molar-refractivity contribution in [3.63, 3.8) is 0 Å². The Kier molecular flexibility index (Phi) is 8.62. The van der Waals surface area contributed by atoms with Crippen LogP contribution >= 0.6 is 11.3 Å². The summed E-state index contributed by atoms with van der Waals surface area (Å²) < 4.78 is 10.6. The number of hydrogen-bond acceptors (Lipinski definition) is 7. The normalized spacial score (nSPS) is 11.2. The van der Waals surface area contributed by atoms with Gasteiger partial charge in [-0.15, -0.1) is 11.3 Å². The molecule has 0 aliphatic heterocycles. The van der Waals surface area contributed by atoms with E-state index >= 15 is 0 Å². The van der Waals surface area contributed by atoms with Crippen molar-refractivity contribution in [2.45, 2.75) is 26.1 Å². The van der Waals surface area contributed by atoms with Crippen molar-refractivity contribution < 1.29 is 19.1 Å². The number of oxime groups is 1. The molecule has 0 bridgehead atoms. The Bertz CT molecular complexity index is 1240. The van der Waals surface area contributed by atoms with Crippen LogP contribution in [0.1, 0.15) is 29.7 Å². The smallest absolute Gasteiger partial charge is 0.305 e. The molecule has 7 heteroatoms. The third kappa shape index (κ3) is 7.25. The number of methoxy groups -OCH3 is 1. The molecular formula is C28H26N2O4S. The van der Waals surface area contributed by atoms with Crippen molar-refractivity contribution in [1.29, 1.82) is 0 Å². The molecule has 1 aromatic heterocycles. The van der Waals surface area contributed by atoms with Gasteiger partial charge < -0.3 is 14.3 Å². The largest absolute Gasteiger partial charge is 0.487 e. The lowest BCUT2D eigenvalue weighted by molar-refractivity contribution is -0.140. The summed E-state index contributed by atoms with van der Waals surface area (Å²) in [4.78, 5) is 21.8. The predicted octanol–water partition coefficient (Wildman–Crippen LogP) is 6.26. The molecule has 0 aliphatic carbocycles. The highest BCUT2D eigenvalue weighted by molar-refractivity contribution is 7.13. The van der Waals surface area contributed by atoms with E-state index in [0.717, 1.165) is 33.1 Å². The molecule has 0 amide bonds. The van der Waals surface area contributed by atoms with E-state index in [9.17, 15) is 4.79 Å². The van der Waals surface area contributed by atoms with Crippen molar-refractivity contribution in [2.24, 2.45) is 5.16 Å². The molecule has 178 valence electrons. The van der Waals surface area contributed by atoms with E-state index < -0.39 is 0 Å². The summed E-state index contributed by atoms with van der Waals surface area (Å²) in [6, 6.07) is 27.5. The number of nitrogens with zero attached hydrogens (tertiary/aromatic N) is 2. The van der Waals surface area contributed by atoms with Crippen molar-refractivity contribution in [1.82, 2.24) is 4.98 Å². The van der Waals surface area contributed by atoms with Gasteiger partial charge in [-0.2, -0.15) is 0 Å². The first-order chi connectivity index (χ1) is 17.2. The van der Waals surface area contributed by atoms with Gasteiger partial charge in [0.2, 0.25) is 0 Å². The maximum absolute atomic E-state index is 11.6. The number of carbonyl (C=O) groups excluding carboxylic acids is 1. The highest BCUT2D eigenvalue weighted by atomic mass is 32.1. The standard InChI is InChI=1S/C28H26N2O4S/c1-32-27(31)17-16-26(22-8-4-2-5-9-22)30-34-18-21-12-14-25(15-13-21)33-19-24-20-35-28(29-24)23-10-6-3-7-11-23/h2-15,20H,16-19H2,1H3/b30-26-. The topological polar surface area (TPSA) is 70.0 Å². The number of rotatable bonds is 11. The number of esters is 1. The van der Waals surface area contributed by atoms with Gasteiger partial charge in [0.15, 0.2) is 0 Å². The van der Waals surface area contributed by atoms with E-state index in [1.807, 2.05) is 78.2 Å². The van der Waals surface area contributed by atoms with Gasteiger partial charge in [0.1, 0.15) is 24.0 Å². The predicted molar refractivity (Wildman–Crippen MR) is 137 cm³/mol. The van der Waals surface area contributed by atoms with Crippen LogP contribution in [0.5, 0.6) is 5.75 Å². The fourth-order valence-electron chi connectivity index (χ4n) is 3.31. The van der Waals surface area contributed by atoms with Crippen LogP contribution in [0.2, 0.25) is 0 Å². The zero-order valence-electron chi connectivity index (χ0n) is 19.4. The molecule has 0 N–H and O–H groups in total. The quantitative estimate of drug-likeness (QED) is 0.142. The van der Waals surface area contributed by atoms with Crippen LogP contribution in [-0.2, 0) is 27.6 Å².